The lowest BCUT2D eigenvalue weighted by Crippen LogP contribution is -2.52. The lowest BCUT2D eigenvalue weighted by atomic mass is 9.78. The normalized spacial score (nSPS) is 14.3. The third kappa shape index (κ3) is 6.95. The van der Waals surface area contributed by atoms with E-state index in [4.69, 9.17) is 5.73 Å². The molecular formula is C16H34N2O. The van der Waals surface area contributed by atoms with E-state index >= 15 is 0 Å². The SMILES string of the molecule is CCCCC(=O)N(CC)C(CC(C)(C)N)C(C)(C)C. The van der Waals surface area contributed by atoms with Gasteiger partial charge in [0.2, 0.25) is 5.91 Å². The lowest BCUT2D eigenvalue weighted by Gasteiger charge is -2.43. The number of nitrogens with zero attached hydrogens (tertiary/aromatic N) is 1. The predicted molar refractivity (Wildman–Crippen MR) is 83.0 cm³/mol. The van der Waals surface area contributed by atoms with Crippen molar-refractivity contribution in [2.24, 2.45) is 11.1 Å². The molecule has 0 bridgehead atoms. The number of carbonyl (C=O) groups is 1. The molecule has 3 nitrogen and oxygen atoms in total. The molecule has 2 N–H and O–H groups in total. The van der Waals surface area contributed by atoms with E-state index in [9.17, 15) is 4.79 Å². The van der Waals surface area contributed by atoms with Crippen molar-refractivity contribution in [1.82, 2.24) is 4.90 Å². The van der Waals surface area contributed by atoms with Crippen molar-refractivity contribution in [3.05, 3.63) is 0 Å². The summed E-state index contributed by atoms with van der Waals surface area (Å²) in [5.74, 6) is 0.272. The molecule has 0 aliphatic carbocycles. The number of carbonyl (C=O) groups excluding carboxylic acids is 1. The van der Waals surface area contributed by atoms with Crippen molar-refractivity contribution in [2.75, 3.05) is 6.54 Å². The molecule has 0 aromatic rings. The smallest absolute Gasteiger partial charge is 0.222 e. The van der Waals surface area contributed by atoms with Crippen LogP contribution in [0.4, 0.5) is 0 Å². The summed E-state index contributed by atoms with van der Waals surface area (Å²) in [4.78, 5) is 14.4. The van der Waals surface area contributed by atoms with Gasteiger partial charge in [-0.1, -0.05) is 34.1 Å². The first-order valence-electron chi connectivity index (χ1n) is 7.61. The van der Waals surface area contributed by atoms with Gasteiger partial charge in [0.25, 0.3) is 0 Å². The van der Waals surface area contributed by atoms with Crippen LogP contribution in [0.5, 0.6) is 0 Å². The summed E-state index contributed by atoms with van der Waals surface area (Å²) in [6.07, 6.45) is 3.52. The van der Waals surface area contributed by atoms with E-state index in [1.807, 2.05) is 18.7 Å². The average molecular weight is 270 g/mol. The Hall–Kier alpha value is -0.570. The summed E-state index contributed by atoms with van der Waals surface area (Å²) in [5, 5.41) is 0. The third-order valence-electron chi connectivity index (χ3n) is 3.50. The maximum Gasteiger partial charge on any atom is 0.222 e. The number of hydrogen-bond donors (Lipinski definition) is 1. The van der Waals surface area contributed by atoms with Crippen LogP contribution in [-0.2, 0) is 4.79 Å². The number of rotatable bonds is 7. The first-order valence-corrected chi connectivity index (χ1v) is 7.61. The zero-order valence-corrected chi connectivity index (χ0v) is 14.0. The molecule has 1 amide bonds. The predicted octanol–water partition coefficient (Wildman–Crippen LogP) is 3.57. The van der Waals surface area contributed by atoms with Crippen LogP contribution in [0.25, 0.3) is 0 Å². The number of unbranched alkanes of at least 4 members (excludes halogenated alkanes) is 1. The monoisotopic (exact) mass is 270 g/mol. The highest BCUT2D eigenvalue weighted by Gasteiger charge is 2.35. The van der Waals surface area contributed by atoms with Crippen molar-refractivity contribution in [1.29, 1.82) is 0 Å². The Morgan fingerprint density at radius 3 is 2.00 bits per heavy atom. The maximum atomic E-state index is 12.4. The molecule has 0 aromatic carbocycles. The van der Waals surface area contributed by atoms with Crippen LogP contribution in [0, 0.1) is 5.41 Å². The van der Waals surface area contributed by atoms with E-state index in [1.165, 1.54) is 0 Å². The highest BCUT2D eigenvalue weighted by atomic mass is 16.2. The average Bonchev–Trinajstić information content (AvgIpc) is 2.23. The highest BCUT2D eigenvalue weighted by molar-refractivity contribution is 5.76. The van der Waals surface area contributed by atoms with Crippen molar-refractivity contribution in [2.45, 2.75) is 85.7 Å². The van der Waals surface area contributed by atoms with Gasteiger partial charge in [-0.05, 0) is 39.0 Å². The van der Waals surface area contributed by atoms with E-state index in [-0.39, 0.29) is 22.9 Å². The minimum Gasteiger partial charge on any atom is -0.339 e. The van der Waals surface area contributed by atoms with Crippen LogP contribution < -0.4 is 5.73 Å². The second-order valence-corrected chi connectivity index (χ2v) is 7.36. The summed E-state index contributed by atoms with van der Waals surface area (Å²) < 4.78 is 0. The maximum absolute atomic E-state index is 12.4. The fourth-order valence-corrected chi connectivity index (χ4v) is 2.42. The minimum atomic E-state index is -0.254. The Morgan fingerprint density at radius 1 is 1.16 bits per heavy atom. The van der Waals surface area contributed by atoms with Crippen LogP contribution in [0.3, 0.4) is 0 Å². The Kier molecular flexibility index (Phi) is 7.06. The summed E-state index contributed by atoms with van der Waals surface area (Å²) in [6, 6.07) is 0.196. The second kappa shape index (κ2) is 7.28. The summed E-state index contributed by atoms with van der Waals surface area (Å²) >= 11 is 0. The molecule has 0 rings (SSSR count). The Bertz CT molecular complexity index is 273. The molecule has 1 atom stereocenters. The Labute approximate surface area is 119 Å². The molecule has 0 aliphatic rings. The van der Waals surface area contributed by atoms with Crippen molar-refractivity contribution in [3.63, 3.8) is 0 Å². The molecule has 0 fully saturated rings. The molecule has 0 saturated carbocycles. The van der Waals surface area contributed by atoms with Crippen LogP contribution in [0.15, 0.2) is 0 Å². The topological polar surface area (TPSA) is 46.3 Å². The van der Waals surface area contributed by atoms with Crippen molar-refractivity contribution < 1.29 is 4.79 Å². The summed E-state index contributed by atoms with van der Waals surface area (Å²) in [5.41, 5.74) is 5.98. The van der Waals surface area contributed by atoms with Gasteiger partial charge in [0, 0.05) is 24.5 Å². The van der Waals surface area contributed by atoms with Gasteiger partial charge in [0.05, 0.1) is 0 Å². The fourth-order valence-electron chi connectivity index (χ4n) is 2.42. The third-order valence-corrected chi connectivity index (χ3v) is 3.50. The van der Waals surface area contributed by atoms with Gasteiger partial charge in [-0.2, -0.15) is 0 Å². The summed E-state index contributed by atoms with van der Waals surface area (Å²) in [6.45, 7) is 15.6. The molecule has 0 spiro atoms. The highest BCUT2D eigenvalue weighted by Crippen LogP contribution is 2.30. The number of amides is 1. The zero-order chi connectivity index (χ0) is 15.3. The van der Waals surface area contributed by atoms with Crippen LogP contribution in [0.1, 0.15) is 74.1 Å². The molecule has 0 aliphatic heterocycles. The van der Waals surface area contributed by atoms with Gasteiger partial charge >= 0.3 is 0 Å². The van der Waals surface area contributed by atoms with Crippen molar-refractivity contribution in [3.8, 4) is 0 Å². The second-order valence-electron chi connectivity index (χ2n) is 7.36. The van der Waals surface area contributed by atoms with Crippen LogP contribution in [0.2, 0.25) is 0 Å². The van der Waals surface area contributed by atoms with E-state index < -0.39 is 0 Å². The lowest BCUT2D eigenvalue weighted by molar-refractivity contribution is -0.136. The molecule has 0 radical (unpaired) electrons. The van der Waals surface area contributed by atoms with Gasteiger partial charge in [-0.15, -0.1) is 0 Å². The molecule has 3 heteroatoms. The van der Waals surface area contributed by atoms with Crippen LogP contribution >= 0.6 is 0 Å². The van der Waals surface area contributed by atoms with Crippen molar-refractivity contribution >= 4 is 5.91 Å². The zero-order valence-electron chi connectivity index (χ0n) is 14.0. The van der Waals surface area contributed by atoms with E-state index in [0.29, 0.717) is 6.42 Å². The largest absolute Gasteiger partial charge is 0.339 e. The Morgan fingerprint density at radius 2 is 1.68 bits per heavy atom. The van der Waals surface area contributed by atoms with Gasteiger partial charge in [-0.25, -0.2) is 0 Å². The number of nitrogens with two attached hydrogens (primary N) is 1. The van der Waals surface area contributed by atoms with Gasteiger partial charge < -0.3 is 10.6 Å². The molecular weight excluding hydrogens is 236 g/mol. The molecule has 0 saturated heterocycles. The van der Waals surface area contributed by atoms with Crippen LogP contribution in [-0.4, -0.2) is 28.9 Å². The molecule has 19 heavy (non-hydrogen) atoms. The first kappa shape index (κ1) is 18.4. The number of hydrogen-bond acceptors (Lipinski definition) is 2. The van der Waals surface area contributed by atoms with E-state index in [0.717, 1.165) is 25.8 Å². The molecule has 114 valence electrons. The fraction of sp³-hybridized carbons (Fsp3) is 0.938. The molecule has 0 aromatic heterocycles. The standard InChI is InChI=1S/C16H34N2O/c1-8-10-11-14(19)18(9-2)13(15(3,4)5)12-16(6,7)17/h13H,8-12,17H2,1-7H3. The summed E-state index contributed by atoms with van der Waals surface area (Å²) in [7, 11) is 0. The minimum absolute atomic E-state index is 0.0501. The molecule has 1 unspecified atom stereocenters. The van der Waals surface area contributed by atoms with Gasteiger partial charge in [0.15, 0.2) is 0 Å². The van der Waals surface area contributed by atoms with Gasteiger partial charge in [0.1, 0.15) is 0 Å². The first-order chi connectivity index (χ1) is 8.53. The van der Waals surface area contributed by atoms with E-state index in [1.54, 1.807) is 0 Å². The Balaban J connectivity index is 5.03. The van der Waals surface area contributed by atoms with E-state index in [2.05, 4.69) is 34.6 Å². The molecule has 0 heterocycles. The van der Waals surface area contributed by atoms with Gasteiger partial charge in [-0.3, -0.25) is 4.79 Å². The quantitative estimate of drug-likeness (QED) is 0.768.